The van der Waals surface area contributed by atoms with Crippen LogP contribution in [-0.4, -0.2) is 17.8 Å². The highest BCUT2D eigenvalue weighted by molar-refractivity contribution is 6.22. The number of carbonyl (C=O) groups is 3. The predicted molar refractivity (Wildman–Crippen MR) is 80.2 cm³/mol. The molecule has 3 rings (SSSR count). The minimum atomic E-state index is -0.474. The van der Waals surface area contributed by atoms with E-state index in [-0.39, 0.29) is 29.4 Å². The number of nitrogens with zero attached hydrogens (tertiary/aromatic N) is 1. The lowest BCUT2D eigenvalue weighted by atomic mass is 9.76. The van der Waals surface area contributed by atoms with Crippen molar-refractivity contribution in [3.63, 3.8) is 0 Å². The number of amides is 2. The second-order valence-corrected chi connectivity index (χ2v) is 6.20. The number of rotatable bonds is 2. The van der Waals surface area contributed by atoms with Gasteiger partial charge in [0.2, 0.25) is 11.8 Å². The van der Waals surface area contributed by atoms with Crippen molar-refractivity contribution in [2.45, 2.75) is 33.1 Å². The molecule has 116 valence electrons. The Morgan fingerprint density at radius 2 is 1.82 bits per heavy atom. The molecule has 2 fully saturated rings. The third-order valence-electron chi connectivity index (χ3n) is 4.55. The van der Waals surface area contributed by atoms with Gasteiger partial charge in [-0.1, -0.05) is 19.1 Å². The molecule has 1 saturated carbocycles. The Bertz CT molecular complexity index is 639. The number of hydrogen-bond acceptors (Lipinski definition) is 4. The average molecular weight is 301 g/mol. The molecule has 1 aliphatic carbocycles. The molecule has 2 aliphatic rings. The van der Waals surface area contributed by atoms with E-state index in [4.69, 9.17) is 4.74 Å². The van der Waals surface area contributed by atoms with Crippen LogP contribution in [-0.2, 0) is 14.4 Å². The lowest BCUT2D eigenvalue weighted by Gasteiger charge is -2.25. The number of imide groups is 1. The van der Waals surface area contributed by atoms with Gasteiger partial charge in [-0.05, 0) is 37.3 Å². The molecule has 22 heavy (non-hydrogen) atoms. The van der Waals surface area contributed by atoms with Crippen molar-refractivity contribution in [1.82, 2.24) is 0 Å². The summed E-state index contributed by atoms with van der Waals surface area (Å²) in [6.07, 6.45) is 2.48. The van der Waals surface area contributed by atoms with Gasteiger partial charge < -0.3 is 4.74 Å². The van der Waals surface area contributed by atoms with E-state index >= 15 is 0 Å². The highest BCUT2D eigenvalue weighted by atomic mass is 16.5. The summed E-state index contributed by atoms with van der Waals surface area (Å²) >= 11 is 0. The molecule has 3 atom stereocenters. The molecule has 0 spiro atoms. The minimum Gasteiger partial charge on any atom is -0.424 e. The van der Waals surface area contributed by atoms with Gasteiger partial charge in [-0.15, -0.1) is 0 Å². The third kappa shape index (κ3) is 2.40. The SMILES string of the molecule is CC(=O)Oc1ccccc1N1C(=O)[C@@H]2CC[C@@H](C)C[C@H]2C1=O. The molecule has 1 aromatic rings. The van der Waals surface area contributed by atoms with Crippen LogP contribution in [0.1, 0.15) is 33.1 Å². The standard InChI is InChI=1S/C17H19NO4/c1-10-7-8-12-13(9-10)17(21)18(16(12)20)14-5-3-4-6-15(14)22-11(2)19/h3-6,10,12-13H,7-9H2,1-2H3/t10-,12-,13-/m1/s1. The van der Waals surface area contributed by atoms with E-state index in [1.54, 1.807) is 24.3 Å². The molecule has 0 unspecified atom stereocenters. The van der Waals surface area contributed by atoms with Gasteiger partial charge in [-0.3, -0.25) is 14.4 Å². The van der Waals surface area contributed by atoms with Crippen molar-refractivity contribution in [2.75, 3.05) is 4.90 Å². The molecule has 1 aliphatic heterocycles. The molecule has 5 heteroatoms. The number of carbonyl (C=O) groups excluding carboxylic acids is 3. The Labute approximate surface area is 129 Å². The summed E-state index contributed by atoms with van der Waals surface area (Å²) < 4.78 is 5.14. The molecule has 5 nitrogen and oxygen atoms in total. The lowest BCUT2D eigenvalue weighted by molar-refractivity contribution is -0.132. The summed E-state index contributed by atoms with van der Waals surface area (Å²) in [7, 11) is 0. The number of anilines is 1. The van der Waals surface area contributed by atoms with Gasteiger partial charge in [-0.2, -0.15) is 0 Å². The summed E-state index contributed by atoms with van der Waals surface area (Å²) in [4.78, 5) is 37.8. The van der Waals surface area contributed by atoms with Crippen molar-refractivity contribution < 1.29 is 19.1 Å². The van der Waals surface area contributed by atoms with Gasteiger partial charge in [0.05, 0.1) is 17.5 Å². The second kappa shape index (κ2) is 5.55. The molecular formula is C17H19NO4. The van der Waals surface area contributed by atoms with E-state index in [1.165, 1.54) is 11.8 Å². The first kappa shape index (κ1) is 14.8. The number of benzene rings is 1. The largest absolute Gasteiger partial charge is 0.424 e. The Morgan fingerprint density at radius 3 is 2.55 bits per heavy atom. The van der Waals surface area contributed by atoms with Crippen molar-refractivity contribution in [1.29, 1.82) is 0 Å². The summed E-state index contributed by atoms with van der Waals surface area (Å²) in [5.74, 6) is -0.555. The maximum atomic E-state index is 12.7. The van der Waals surface area contributed by atoms with Crippen molar-refractivity contribution in [3.05, 3.63) is 24.3 Å². The van der Waals surface area contributed by atoms with E-state index in [2.05, 4.69) is 6.92 Å². The zero-order valence-corrected chi connectivity index (χ0v) is 12.7. The normalized spacial score (nSPS) is 27.7. The van der Waals surface area contributed by atoms with Gasteiger partial charge in [0.1, 0.15) is 0 Å². The average Bonchev–Trinajstić information content (AvgIpc) is 2.71. The molecule has 2 amide bonds. The Kier molecular flexibility index (Phi) is 3.72. The van der Waals surface area contributed by atoms with Crippen LogP contribution < -0.4 is 9.64 Å². The summed E-state index contributed by atoms with van der Waals surface area (Å²) in [5, 5.41) is 0. The highest BCUT2D eigenvalue weighted by Crippen LogP contribution is 2.43. The van der Waals surface area contributed by atoms with E-state index in [9.17, 15) is 14.4 Å². The molecule has 0 bridgehead atoms. The van der Waals surface area contributed by atoms with Crippen molar-refractivity contribution in [2.24, 2.45) is 17.8 Å². The number of fused-ring (bicyclic) bond motifs is 1. The highest BCUT2D eigenvalue weighted by Gasteiger charge is 2.50. The van der Waals surface area contributed by atoms with Crippen molar-refractivity contribution >= 4 is 23.5 Å². The fraction of sp³-hybridized carbons (Fsp3) is 0.471. The van der Waals surface area contributed by atoms with Crippen LogP contribution >= 0.6 is 0 Å². The monoisotopic (exact) mass is 301 g/mol. The first-order valence-electron chi connectivity index (χ1n) is 7.64. The third-order valence-corrected chi connectivity index (χ3v) is 4.55. The molecule has 0 radical (unpaired) electrons. The molecule has 0 N–H and O–H groups in total. The van der Waals surface area contributed by atoms with Crippen LogP contribution in [0.5, 0.6) is 5.75 Å². The van der Waals surface area contributed by atoms with Crippen molar-refractivity contribution in [3.8, 4) is 5.75 Å². The molecular weight excluding hydrogens is 282 g/mol. The maximum absolute atomic E-state index is 12.7. The molecule has 0 aromatic heterocycles. The van der Waals surface area contributed by atoms with Gasteiger partial charge >= 0.3 is 5.97 Å². The number of hydrogen-bond donors (Lipinski definition) is 0. The van der Waals surface area contributed by atoms with Gasteiger partial charge in [0, 0.05) is 6.92 Å². The Morgan fingerprint density at radius 1 is 1.14 bits per heavy atom. The minimum absolute atomic E-state index is 0.165. The zero-order chi connectivity index (χ0) is 15.9. The van der Waals surface area contributed by atoms with Gasteiger partial charge in [0.15, 0.2) is 5.75 Å². The smallest absolute Gasteiger partial charge is 0.308 e. The van der Waals surface area contributed by atoms with Crippen LogP contribution in [0.2, 0.25) is 0 Å². The first-order chi connectivity index (χ1) is 10.5. The quantitative estimate of drug-likeness (QED) is 0.478. The maximum Gasteiger partial charge on any atom is 0.308 e. The number of ether oxygens (including phenoxy) is 1. The van der Waals surface area contributed by atoms with Crippen LogP contribution in [0.3, 0.4) is 0 Å². The summed E-state index contributed by atoms with van der Waals surface area (Å²) in [6, 6.07) is 6.69. The Balaban J connectivity index is 1.97. The number of esters is 1. The zero-order valence-electron chi connectivity index (χ0n) is 12.7. The fourth-order valence-electron chi connectivity index (χ4n) is 3.51. The first-order valence-corrected chi connectivity index (χ1v) is 7.64. The van der Waals surface area contributed by atoms with Gasteiger partial charge in [0.25, 0.3) is 0 Å². The van der Waals surface area contributed by atoms with Crippen LogP contribution in [0.25, 0.3) is 0 Å². The topological polar surface area (TPSA) is 63.7 Å². The second-order valence-electron chi connectivity index (χ2n) is 6.20. The Hall–Kier alpha value is -2.17. The van der Waals surface area contributed by atoms with Crippen LogP contribution in [0, 0.1) is 17.8 Å². The van der Waals surface area contributed by atoms with E-state index in [0.717, 1.165) is 19.3 Å². The predicted octanol–water partition coefficient (Wildman–Crippen LogP) is 2.54. The summed E-state index contributed by atoms with van der Waals surface area (Å²) in [6.45, 7) is 3.41. The van der Waals surface area contributed by atoms with Crippen LogP contribution in [0.15, 0.2) is 24.3 Å². The van der Waals surface area contributed by atoms with E-state index < -0.39 is 5.97 Å². The number of para-hydroxylation sites is 2. The van der Waals surface area contributed by atoms with E-state index in [1.807, 2.05) is 0 Å². The lowest BCUT2D eigenvalue weighted by Crippen LogP contribution is -2.31. The van der Waals surface area contributed by atoms with Crippen LogP contribution in [0.4, 0.5) is 5.69 Å². The molecule has 1 saturated heterocycles. The van der Waals surface area contributed by atoms with E-state index in [0.29, 0.717) is 11.6 Å². The van der Waals surface area contributed by atoms with Gasteiger partial charge in [-0.25, -0.2) is 4.90 Å². The molecule has 1 aromatic carbocycles. The summed E-state index contributed by atoms with van der Waals surface area (Å²) in [5.41, 5.74) is 0.370. The fourth-order valence-corrected chi connectivity index (χ4v) is 3.51. The molecule has 1 heterocycles.